The first-order valence-corrected chi connectivity index (χ1v) is 6.95. The van der Waals surface area contributed by atoms with Crippen LogP contribution in [-0.2, 0) is 0 Å². The van der Waals surface area contributed by atoms with Gasteiger partial charge in [0.2, 0.25) is 0 Å². The number of carbonyl (C=O) groups excluding carboxylic acids is 1. The molecule has 0 bridgehead atoms. The van der Waals surface area contributed by atoms with Gasteiger partial charge in [-0.1, -0.05) is 0 Å². The van der Waals surface area contributed by atoms with Crippen molar-refractivity contribution in [2.24, 2.45) is 0 Å². The van der Waals surface area contributed by atoms with Gasteiger partial charge >= 0.3 is 0 Å². The van der Waals surface area contributed by atoms with E-state index in [2.05, 4.69) is 0 Å². The quantitative estimate of drug-likeness (QED) is 0.698. The molecular formula is C13H18O4S. The van der Waals surface area contributed by atoms with E-state index in [1.807, 2.05) is 6.92 Å². The summed E-state index contributed by atoms with van der Waals surface area (Å²) < 4.78 is 5.29. The average molecular weight is 270 g/mol. The normalized spacial score (nSPS) is 12.2. The van der Waals surface area contributed by atoms with Gasteiger partial charge in [0.15, 0.2) is 5.78 Å². The zero-order valence-corrected chi connectivity index (χ0v) is 11.2. The lowest BCUT2D eigenvalue weighted by Gasteiger charge is -2.06. The number of benzene rings is 1. The van der Waals surface area contributed by atoms with Gasteiger partial charge in [-0.15, -0.1) is 0 Å². The maximum Gasteiger partial charge on any atom is 0.172 e. The van der Waals surface area contributed by atoms with Crippen molar-refractivity contribution in [2.75, 3.05) is 24.7 Å². The Labute approximate surface area is 111 Å². The summed E-state index contributed by atoms with van der Waals surface area (Å²) in [4.78, 5) is 11.8. The molecule has 1 atom stereocenters. The molecule has 0 spiro atoms. The van der Waals surface area contributed by atoms with Crippen molar-refractivity contribution in [3.8, 4) is 5.75 Å². The Morgan fingerprint density at radius 3 is 2.61 bits per heavy atom. The number of ketones is 1. The monoisotopic (exact) mass is 270 g/mol. The largest absolute Gasteiger partial charge is 0.494 e. The molecule has 0 aromatic heterocycles. The summed E-state index contributed by atoms with van der Waals surface area (Å²) in [5.74, 6) is 1.41. The molecule has 0 aliphatic carbocycles. The number of hydrogen-bond acceptors (Lipinski definition) is 5. The van der Waals surface area contributed by atoms with E-state index in [0.717, 1.165) is 5.75 Å². The number of aliphatic hydroxyl groups is 2. The lowest BCUT2D eigenvalue weighted by molar-refractivity contribution is 0.102. The predicted molar refractivity (Wildman–Crippen MR) is 72.4 cm³/mol. The highest BCUT2D eigenvalue weighted by Gasteiger charge is 2.08. The van der Waals surface area contributed by atoms with Crippen LogP contribution in [0.1, 0.15) is 17.3 Å². The third-order valence-electron chi connectivity index (χ3n) is 2.24. The van der Waals surface area contributed by atoms with E-state index < -0.39 is 6.10 Å². The first kappa shape index (κ1) is 15.0. The van der Waals surface area contributed by atoms with Gasteiger partial charge in [0.1, 0.15) is 5.75 Å². The van der Waals surface area contributed by atoms with Crippen LogP contribution in [0.15, 0.2) is 24.3 Å². The van der Waals surface area contributed by atoms with E-state index in [1.54, 1.807) is 24.3 Å². The van der Waals surface area contributed by atoms with E-state index in [0.29, 0.717) is 23.7 Å². The number of ether oxygens (including phenoxy) is 1. The van der Waals surface area contributed by atoms with Crippen LogP contribution in [0.3, 0.4) is 0 Å². The Morgan fingerprint density at radius 2 is 2.06 bits per heavy atom. The second-order valence-corrected chi connectivity index (χ2v) is 4.76. The minimum Gasteiger partial charge on any atom is -0.494 e. The number of carbonyl (C=O) groups is 1. The fourth-order valence-corrected chi connectivity index (χ4v) is 2.17. The zero-order chi connectivity index (χ0) is 13.4. The third-order valence-corrected chi connectivity index (χ3v) is 3.33. The molecule has 0 fully saturated rings. The second-order valence-electron chi connectivity index (χ2n) is 3.73. The van der Waals surface area contributed by atoms with E-state index in [-0.39, 0.29) is 12.4 Å². The van der Waals surface area contributed by atoms with Crippen molar-refractivity contribution in [3.63, 3.8) is 0 Å². The minimum absolute atomic E-state index is 0.00758. The maximum atomic E-state index is 11.8. The highest BCUT2D eigenvalue weighted by atomic mass is 32.2. The molecule has 5 heteroatoms. The molecule has 0 aliphatic heterocycles. The summed E-state index contributed by atoms with van der Waals surface area (Å²) in [5.41, 5.74) is 0.629. The molecular weight excluding hydrogens is 252 g/mol. The molecule has 2 N–H and O–H groups in total. The Kier molecular flexibility index (Phi) is 6.78. The van der Waals surface area contributed by atoms with Gasteiger partial charge in [0.25, 0.3) is 0 Å². The topological polar surface area (TPSA) is 66.8 Å². The molecule has 1 aromatic carbocycles. The van der Waals surface area contributed by atoms with Crippen molar-refractivity contribution in [3.05, 3.63) is 29.8 Å². The van der Waals surface area contributed by atoms with Crippen LogP contribution >= 0.6 is 11.8 Å². The molecule has 0 saturated heterocycles. The van der Waals surface area contributed by atoms with Crippen LogP contribution in [0.2, 0.25) is 0 Å². The molecule has 4 nitrogen and oxygen atoms in total. The van der Waals surface area contributed by atoms with Gasteiger partial charge in [0.05, 0.1) is 25.1 Å². The van der Waals surface area contributed by atoms with Crippen LogP contribution in [0.25, 0.3) is 0 Å². The lowest BCUT2D eigenvalue weighted by atomic mass is 10.1. The Morgan fingerprint density at radius 1 is 1.39 bits per heavy atom. The molecule has 0 heterocycles. The Balaban J connectivity index is 2.41. The van der Waals surface area contributed by atoms with E-state index in [1.165, 1.54) is 11.8 Å². The van der Waals surface area contributed by atoms with Crippen LogP contribution in [-0.4, -0.2) is 46.8 Å². The molecule has 1 aromatic rings. The average Bonchev–Trinajstić information content (AvgIpc) is 2.39. The van der Waals surface area contributed by atoms with Crippen molar-refractivity contribution < 1.29 is 19.7 Å². The molecule has 1 rings (SSSR count). The summed E-state index contributed by atoms with van der Waals surface area (Å²) in [6.07, 6.45) is -0.761. The summed E-state index contributed by atoms with van der Waals surface area (Å²) >= 11 is 1.31. The van der Waals surface area contributed by atoms with Gasteiger partial charge in [0, 0.05) is 11.3 Å². The van der Waals surface area contributed by atoms with E-state index in [4.69, 9.17) is 14.9 Å². The number of rotatable bonds is 8. The summed E-state index contributed by atoms with van der Waals surface area (Å²) in [6.45, 7) is 2.23. The Hall–Kier alpha value is -1.04. The zero-order valence-electron chi connectivity index (χ0n) is 10.3. The molecule has 0 saturated carbocycles. The molecule has 0 amide bonds. The third kappa shape index (κ3) is 5.08. The number of aliphatic hydroxyl groups excluding tert-OH is 2. The molecule has 1 unspecified atom stereocenters. The molecule has 0 aliphatic rings. The minimum atomic E-state index is -0.761. The number of hydrogen-bond donors (Lipinski definition) is 2. The summed E-state index contributed by atoms with van der Waals surface area (Å²) in [5, 5.41) is 17.8. The highest BCUT2D eigenvalue weighted by Crippen LogP contribution is 2.14. The molecule has 0 radical (unpaired) electrons. The fraction of sp³-hybridized carbons (Fsp3) is 0.462. The molecule has 18 heavy (non-hydrogen) atoms. The van der Waals surface area contributed by atoms with Crippen molar-refractivity contribution >= 4 is 17.5 Å². The second kappa shape index (κ2) is 8.13. The van der Waals surface area contributed by atoms with Gasteiger partial charge in [-0.25, -0.2) is 0 Å². The lowest BCUT2D eigenvalue weighted by Crippen LogP contribution is -2.16. The number of Topliss-reactive ketones (excluding diaryl/α,β-unsaturated/α-hetero) is 1. The van der Waals surface area contributed by atoms with Gasteiger partial charge in [-0.3, -0.25) is 4.79 Å². The predicted octanol–water partition coefficient (Wildman–Crippen LogP) is 1.35. The van der Waals surface area contributed by atoms with Gasteiger partial charge < -0.3 is 14.9 Å². The summed E-state index contributed by atoms with van der Waals surface area (Å²) in [7, 11) is 0. The van der Waals surface area contributed by atoms with Gasteiger partial charge in [-0.05, 0) is 31.2 Å². The van der Waals surface area contributed by atoms with E-state index in [9.17, 15) is 4.79 Å². The Bertz CT molecular complexity index is 364. The summed E-state index contributed by atoms with van der Waals surface area (Å²) in [6, 6.07) is 7.00. The fourth-order valence-electron chi connectivity index (χ4n) is 1.33. The smallest absolute Gasteiger partial charge is 0.172 e. The van der Waals surface area contributed by atoms with Gasteiger partial charge in [-0.2, -0.15) is 11.8 Å². The number of thioether (sulfide) groups is 1. The van der Waals surface area contributed by atoms with E-state index >= 15 is 0 Å². The first-order valence-electron chi connectivity index (χ1n) is 5.80. The standard InChI is InChI=1S/C13H18O4S/c1-2-17-12-5-3-10(4-6-12)13(16)9-18-8-11(15)7-14/h3-6,11,14-15H,2,7-9H2,1H3. The van der Waals surface area contributed by atoms with Crippen molar-refractivity contribution in [2.45, 2.75) is 13.0 Å². The SMILES string of the molecule is CCOc1ccc(C(=O)CSCC(O)CO)cc1. The van der Waals surface area contributed by atoms with Crippen LogP contribution in [0.4, 0.5) is 0 Å². The first-order chi connectivity index (χ1) is 8.67. The van der Waals surface area contributed by atoms with Crippen molar-refractivity contribution in [1.29, 1.82) is 0 Å². The maximum absolute atomic E-state index is 11.8. The molecule has 100 valence electrons. The van der Waals surface area contributed by atoms with Crippen LogP contribution in [0.5, 0.6) is 5.75 Å². The highest BCUT2D eigenvalue weighted by molar-refractivity contribution is 8.00. The van der Waals surface area contributed by atoms with Crippen LogP contribution in [0, 0.1) is 0 Å². The van der Waals surface area contributed by atoms with Crippen molar-refractivity contribution in [1.82, 2.24) is 0 Å². The van der Waals surface area contributed by atoms with Crippen LogP contribution < -0.4 is 4.74 Å².